The molecule has 2 aromatic carbocycles. The quantitative estimate of drug-likeness (QED) is 0.182. The lowest BCUT2D eigenvalue weighted by molar-refractivity contribution is -0.122. The number of allylic oxidation sites excluding steroid dienone is 2. The summed E-state index contributed by atoms with van der Waals surface area (Å²) >= 11 is 8.13. The summed E-state index contributed by atoms with van der Waals surface area (Å²) in [5, 5.41) is 0.882. The second-order valence-corrected chi connectivity index (χ2v) is 13.3. The van der Waals surface area contributed by atoms with E-state index in [2.05, 4.69) is 43.9 Å². The maximum absolute atomic E-state index is 12.5. The van der Waals surface area contributed by atoms with Crippen LogP contribution in [0.1, 0.15) is 34.1 Å². The Kier molecular flexibility index (Phi) is 12.3. The minimum atomic E-state index is -4.04. The highest BCUT2D eigenvalue weighted by Crippen LogP contribution is 2.47. The van der Waals surface area contributed by atoms with Crippen molar-refractivity contribution in [3.63, 3.8) is 0 Å². The molecule has 1 saturated heterocycles. The standard InChI is InChI=1S/C23H22N2O4S4.C6H15N/c1-2-24-22(26)20(32-23(24)30)11-12-21-25(13-6-14-33(27,28)29)18-15-17(9-10-19(18)31-21)16-7-4-3-5-8-16;1-4-7(5-2)6-3/h3-5,7-12,15H,2,6,13-14H2,1H3,(H,27,28,29);4-6H2,1-3H3. The molecule has 1 amide bonds. The number of thioether (sulfide) groups is 2. The van der Waals surface area contributed by atoms with Crippen LogP contribution < -0.4 is 4.90 Å². The molecule has 0 atom stereocenters. The summed E-state index contributed by atoms with van der Waals surface area (Å²) in [4.78, 5) is 20.1. The Morgan fingerprint density at radius 1 is 0.925 bits per heavy atom. The molecule has 0 radical (unpaired) electrons. The molecule has 2 aliphatic rings. The van der Waals surface area contributed by atoms with Gasteiger partial charge in [0.25, 0.3) is 16.0 Å². The van der Waals surface area contributed by atoms with Crippen LogP contribution in [-0.2, 0) is 14.9 Å². The Morgan fingerprint density at radius 3 is 2.15 bits per heavy atom. The molecular weight excluding hydrogens is 583 g/mol. The Bertz CT molecular complexity index is 1350. The number of nitrogens with zero attached hydrogens (tertiary/aromatic N) is 3. The van der Waals surface area contributed by atoms with E-state index in [-0.39, 0.29) is 18.1 Å². The van der Waals surface area contributed by atoms with Crippen molar-refractivity contribution < 1.29 is 17.8 Å². The number of amides is 1. The number of benzene rings is 2. The molecule has 0 saturated carbocycles. The molecule has 7 nitrogen and oxygen atoms in total. The van der Waals surface area contributed by atoms with E-state index in [1.54, 1.807) is 22.7 Å². The fourth-order valence-electron chi connectivity index (χ4n) is 4.28. The van der Waals surface area contributed by atoms with Crippen molar-refractivity contribution in [2.45, 2.75) is 39.0 Å². The molecular formula is C29H37N3O4S4. The molecule has 0 aliphatic carbocycles. The maximum Gasteiger partial charge on any atom is 0.266 e. The highest BCUT2D eigenvalue weighted by Gasteiger charge is 2.31. The lowest BCUT2D eigenvalue weighted by Gasteiger charge is -2.20. The third kappa shape index (κ3) is 8.67. The van der Waals surface area contributed by atoms with Crippen molar-refractivity contribution in [3.8, 4) is 11.1 Å². The second kappa shape index (κ2) is 15.2. The van der Waals surface area contributed by atoms with Gasteiger partial charge in [0.15, 0.2) is 0 Å². The third-order valence-corrected chi connectivity index (χ3v) is 9.86. The van der Waals surface area contributed by atoms with Crippen molar-refractivity contribution in [2.24, 2.45) is 0 Å². The summed E-state index contributed by atoms with van der Waals surface area (Å²) in [6.07, 6.45) is 3.92. The van der Waals surface area contributed by atoms with Crippen LogP contribution in [0.4, 0.5) is 5.69 Å². The first-order valence-electron chi connectivity index (χ1n) is 13.4. The van der Waals surface area contributed by atoms with Gasteiger partial charge in [-0.25, -0.2) is 0 Å². The van der Waals surface area contributed by atoms with E-state index < -0.39 is 10.1 Å². The van der Waals surface area contributed by atoms with Gasteiger partial charge in [0, 0.05) is 18.0 Å². The number of thiocarbonyl (C=S) groups is 1. The minimum Gasteiger partial charge on any atom is -0.335 e. The van der Waals surface area contributed by atoms with Crippen LogP contribution in [0.5, 0.6) is 0 Å². The van der Waals surface area contributed by atoms with Crippen molar-refractivity contribution in [1.82, 2.24) is 9.80 Å². The minimum absolute atomic E-state index is 0.103. The fourth-order valence-corrected chi connectivity index (χ4v) is 7.17. The number of hydrogen-bond donors (Lipinski definition) is 1. The van der Waals surface area contributed by atoms with Crippen LogP contribution >= 0.6 is 35.7 Å². The summed E-state index contributed by atoms with van der Waals surface area (Å²) in [6, 6.07) is 16.2. The van der Waals surface area contributed by atoms with Gasteiger partial charge < -0.3 is 9.80 Å². The molecule has 0 aromatic heterocycles. The van der Waals surface area contributed by atoms with Gasteiger partial charge in [-0.05, 0) is 68.4 Å². The van der Waals surface area contributed by atoms with Gasteiger partial charge in [-0.3, -0.25) is 14.2 Å². The van der Waals surface area contributed by atoms with E-state index in [4.69, 9.17) is 16.8 Å². The number of anilines is 1. The van der Waals surface area contributed by atoms with Gasteiger partial charge in [-0.2, -0.15) is 8.42 Å². The predicted octanol–water partition coefficient (Wildman–Crippen LogP) is 6.50. The summed E-state index contributed by atoms with van der Waals surface area (Å²) in [5.41, 5.74) is 3.11. The number of fused-ring (bicyclic) bond motifs is 1. The lowest BCUT2D eigenvalue weighted by atomic mass is 10.0. The van der Waals surface area contributed by atoms with Gasteiger partial charge in [-0.15, -0.1) is 0 Å². The number of hydrogen-bond acceptors (Lipinski definition) is 8. The summed E-state index contributed by atoms with van der Waals surface area (Å²) in [7, 11) is -4.04. The highest BCUT2D eigenvalue weighted by molar-refractivity contribution is 8.26. The summed E-state index contributed by atoms with van der Waals surface area (Å²) in [6.45, 7) is 13.0. The smallest absolute Gasteiger partial charge is 0.266 e. The van der Waals surface area contributed by atoms with Crippen LogP contribution in [-0.4, -0.2) is 71.5 Å². The van der Waals surface area contributed by atoms with E-state index >= 15 is 0 Å². The van der Waals surface area contributed by atoms with Gasteiger partial charge in [0.1, 0.15) is 4.32 Å². The van der Waals surface area contributed by atoms with Crippen LogP contribution in [0.3, 0.4) is 0 Å². The first-order valence-corrected chi connectivity index (χ1v) is 17.0. The monoisotopic (exact) mass is 619 g/mol. The Morgan fingerprint density at radius 2 is 1.60 bits per heavy atom. The molecule has 1 fully saturated rings. The first kappa shape index (κ1) is 32.4. The van der Waals surface area contributed by atoms with E-state index in [9.17, 15) is 13.2 Å². The number of likely N-dealkylation sites (N-methyl/N-ethyl adjacent to an activating group) is 1. The molecule has 0 spiro atoms. The number of carbonyl (C=O) groups is 1. The van der Waals surface area contributed by atoms with Gasteiger partial charge >= 0.3 is 0 Å². The average molecular weight is 620 g/mol. The molecule has 0 bridgehead atoms. The SMILES string of the molecule is CCN(CC)CC.CCN1C(=O)C(=CC=C2Sc3ccc(-c4ccccc4)cc3N2CCCS(=O)(=O)O)SC1=S. The van der Waals surface area contributed by atoms with Crippen LogP contribution in [0, 0.1) is 0 Å². The molecule has 11 heteroatoms. The normalized spacial score (nSPS) is 17.1. The van der Waals surface area contributed by atoms with Crippen LogP contribution in [0.2, 0.25) is 0 Å². The molecule has 4 rings (SSSR count). The van der Waals surface area contributed by atoms with Crippen molar-refractivity contribution >= 4 is 61.8 Å². The van der Waals surface area contributed by atoms with Crippen molar-refractivity contribution in [3.05, 3.63) is 70.6 Å². The predicted molar refractivity (Wildman–Crippen MR) is 173 cm³/mol. The lowest BCUT2D eigenvalue weighted by Crippen LogP contribution is -2.27. The summed E-state index contributed by atoms with van der Waals surface area (Å²) < 4.78 is 32.2. The van der Waals surface area contributed by atoms with E-state index in [0.717, 1.165) is 26.7 Å². The van der Waals surface area contributed by atoms with Crippen LogP contribution in [0.25, 0.3) is 11.1 Å². The van der Waals surface area contributed by atoms with Gasteiger partial charge in [-0.1, -0.05) is 92.9 Å². The maximum atomic E-state index is 12.5. The zero-order valence-corrected chi connectivity index (χ0v) is 26.6. The molecule has 0 unspecified atom stereocenters. The van der Waals surface area contributed by atoms with Gasteiger partial charge in [0.2, 0.25) is 0 Å². The average Bonchev–Trinajstić information content (AvgIpc) is 3.43. The zero-order chi connectivity index (χ0) is 29.3. The highest BCUT2D eigenvalue weighted by atomic mass is 32.2. The molecule has 2 aliphatic heterocycles. The third-order valence-electron chi connectivity index (χ3n) is 6.53. The molecule has 216 valence electrons. The van der Waals surface area contributed by atoms with E-state index in [1.165, 1.54) is 31.4 Å². The fraction of sp³-hybridized carbons (Fsp3) is 0.379. The Hall–Kier alpha value is -2.15. The second-order valence-electron chi connectivity index (χ2n) is 9.01. The van der Waals surface area contributed by atoms with E-state index in [0.29, 0.717) is 22.3 Å². The first-order chi connectivity index (χ1) is 19.1. The Balaban J connectivity index is 0.000000559. The molecule has 2 aromatic rings. The molecule has 2 heterocycles. The number of carbonyl (C=O) groups excluding carboxylic acids is 1. The molecule has 40 heavy (non-hydrogen) atoms. The Labute approximate surface area is 252 Å². The van der Waals surface area contributed by atoms with Crippen molar-refractivity contribution in [2.75, 3.05) is 43.4 Å². The molecule has 1 N–H and O–H groups in total. The number of rotatable bonds is 10. The van der Waals surface area contributed by atoms with Crippen LogP contribution in [0.15, 0.2) is 75.5 Å². The largest absolute Gasteiger partial charge is 0.335 e. The zero-order valence-electron chi connectivity index (χ0n) is 23.4. The summed E-state index contributed by atoms with van der Waals surface area (Å²) in [5.74, 6) is -0.418. The van der Waals surface area contributed by atoms with Crippen molar-refractivity contribution in [1.29, 1.82) is 0 Å². The van der Waals surface area contributed by atoms with E-state index in [1.807, 2.05) is 48.2 Å². The topological polar surface area (TPSA) is 81.2 Å². The van der Waals surface area contributed by atoms with Gasteiger partial charge in [0.05, 0.1) is 21.4 Å².